The average molecular weight is 692 g/mol. The number of hydrazone groups is 1. The van der Waals surface area contributed by atoms with E-state index < -0.39 is 0 Å². The lowest BCUT2D eigenvalue weighted by molar-refractivity contribution is 0.435. The lowest BCUT2D eigenvalue weighted by Gasteiger charge is -2.44. The summed E-state index contributed by atoms with van der Waals surface area (Å²) in [5.41, 5.74) is 11.1. The van der Waals surface area contributed by atoms with Crippen molar-refractivity contribution in [1.29, 1.82) is 0 Å². The van der Waals surface area contributed by atoms with Crippen LogP contribution in [0, 0.1) is 5.92 Å². The highest BCUT2D eigenvalue weighted by Crippen LogP contribution is 2.56. The molecule has 7 nitrogen and oxygen atoms in total. The molecule has 0 radical (unpaired) electrons. The first kappa shape index (κ1) is 31.5. The number of rotatable bonds is 5. The second-order valence-electron chi connectivity index (χ2n) is 14.2. The van der Waals surface area contributed by atoms with Crippen LogP contribution in [-0.4, -0.2) is 28.1 Å². The van der Waals surface area contributed by atoms with Crippen molar-refractivity contribution in [2.75, 3.05) is 19.7 Å². The lowest BCUT2D eigenvalue weighted by atomic mass is 9.74. The van der Waals surface area contributed by atoms with E-state index in [4.69, 9.17) is 15.1 Å². The Morgan fingerprint density at radius 2 is 1.11 bits per heavy atom. The molecule has 4 aliphatic heterocycles. The number of para-hydroxylation sites is 4. The van der Waals surface area contributed by atoms with E-state index in [1.165, 1.54) is 33.6 Å². The van der Waals surface area contributed by atoms with Crippen molar-refractivity contribution in [2.24, 2.45) is 11.0 Å². The number of hydrogen-bond donors (Lipinski definition) is 0. The monoisotopic (exact) mass is 691 g/mol. The molecule has 4 atom stereocenters. The van der Waals surface area contributed by atoms with Crippen LogP contribution in [0.15, 0.2) is 168 Å². The zero-order valence-electron chi connectivity index (χ0n) is 30.0. The van der Waals surface area contributed by atoms with Gasteiger partial charge in [0.15, 0.2) is 23.6 Å². The summed E-state index contributed by atoms with van der Waals surface area (Å²) in [4.78, 5) is 17.5. The molecule has 0 spiro atoms. The number of benzene rings is 5. The number of aromatic nitrogens is 2. The van der Waals surface area contributed by atoms with E-state index in [0.29, 0.717) is 5.92 Å². The molecule has 1 aromatic heterocycles. The second kappa shape index (κ2) is 12.8. The maximum Gasteiger partial charge on any atom is 0.178 e. The van der Waals surface area contributed by atoms with E-state index >= 15 is 0 Å². The zero-order valence-corrected chi connectivity index (χ0v) is 30.0. The summed E-state index contributed by atoms with van der Waals surface area (Å²) in [5, 5.41) is 8.01. The molecular formula is C46H41N7. The molecule has 0 fully saturated rings. The fourth-order valence-electron chi connectivity index (χ4n) is 9.43. The Labute approximate surface area is 311 Å². The fraction of sp³-hybridized carbons (Fsp3) is 0.196. The van der Waals surface area contributed by atoms with Gasteiger partial charge < -0.3 is 0 Å². The first-order chi connectivity index (χ1) is 26.3. The van der Waals surface area contributed by atoms with E-state index in [0.717, 1.165) is 53.7 Å². The van der Waals surface area contributed by atoms with Gasteiger partial charge in [-0.3, -0.25) is 14.7 Å². The summed E-state index contributed by atoms with van der Waals surface area (Å²) in [7, 11) is 0. The van der Waals surface area contributed by atoms with Crippen LogP contribution in [-0.2, 0) is 6.42 Å². The Kier molecular flexibility index (Phi) is 7.60. The molecule has 0 bridgehead atoms. The zero-order chi connectivity index (χ0) is 35.5. The van der Waals surface area contributed by atoms with Gasteiger partial charge in [0.25, 0.3) is 0 Å². The molecule has 10 rings (SSSR count). The molecule has 5 heterocycles. The first-order valence-electron chi connectivity index (χ1n) is 18.9. The van der Waals surface area contributed by atoms with Crippen molar-refractivity contribution in [2.45, 2.75) is 51.4 Å². The summed E-state index contributed by atoms with van der Waals surface area (Å²) in [6, 6.07) is 50.1. The molecule has 260 valence electrons. The second-order valence-corrected chi connectivity index (χ2v) is 14.2. The topological polar surface area (TPSA) is 51.1 Å². The predicted octanol–water partition coefficient (Wildman–Crippen LogP) is 10.2. The molecule has 0 aliphatic carbocycles. The van der Waals surface area contributed by atoms with Gasteiger partial charge in [0.1, 0.15) is 6.17 Å². The number of anilines is 6. The van der Waals surface area contributed by atoms with Gasteiger partial charge in [-0.15, -0.1) is 0 Å². The van der Waals surface area contributed by atoms with Crippen molar-refractivity contribution in [1.82, 2.24) is 9.97 Å². The minimum absolute atomic E-state index is 0.173. The van der Waals surface area contributed by atoms with Gasteiger partial charge in [-0.1, -0.05) is 117 Å². The molecule has 4 unspecified atom stereocenters. The van der Waals surface area contributed by atoms with E-state index in [1.807, 2.05) is 12.4 Å². The van der Waals surface area contributed by atoms with Crippen molar-refractivity contribution in [3.63, 3.8) is 0 Å². The molecule has 4 aliphatic rings. The minimum Gasteiger partial charge on any atom is -0.298 e. The van der Waals surface area contributed by atoms with Gasteiger partial charge in [-0.25, -0.2) is 15.0 Å². The Morgan fingerprint density at radius 1 is 0.547 bits per heavy atom. The molecule has 6 aromatic rings. The van der Waals surface area contributed by atoms with Gasteiger partial charge in [0, 0.05) is 35.0 Å². The quantitative estimate of drug-likeness (QED) is 0.168. The van der Waals surface area contributed by atoms with Gasteiger partial charge >= 0.3 is 0 Å². The molecule has 0 saturated carbocycles. The standard InChI is InChI=1S/C46H41N7/c1-3-35-36(4-2)41(38-30-32-20-14-16-26-39(32)52-44-43(47-28-29-48-44)51(45(38)52)34-23-12-7-13-24-34)46-50(33-21-10-6-11-22-33)42(31-18-8-5-9-19-31)49-53(46)40-27-17-15-25-37(35)40/h5-29,35-36,45-46H,3-4,30H2,1-2H3. The average Bonchev–Trinajstić information content (AvgIpc) is 3.76. The normalized spacial score (nSPS) is 22.7. The van der Waals surface area contributed by atoms with Crippen molar-refractivity contribution >= 4 is 40.2 Å². The minimum atomic E-state index is -0.209. The molecule has 7 heteroatoms. The van der Waals surface area contributed by atoms with Crippen LogP contribution >= 0.6 is 0 Å². The summed E-state index contributed by atoms with van der Waals surface area (Å²) in [6.07, 6.45) is 6.08. The number of nitrogens with zero attached hydrogens (tertiary/aromatic N) is 7. The van der Waals surface area contributed by atoms with Crippen LogP contribution in [0.5, 0.6) is 0 Å². The van der Waals surface area contributed by atoms with Crippen LogP contribution in [0.2, 0.25) is 0 Å². The molecular weight excluding hydrogens is 651 g/mol. The number of amidine groups is 1. The molecule has 0 saturated heterocycles. The summed E-state index contributed by atoms with van der Waals surface area (Å²) in [5.74, 6) is 3.24. The Bertz CT molecular complexity index is 2360. The van der Waals surface area contributed by atoms with Crippen LogP contribution in [0.4, 0.5) is 34.4 Å². The van der Waals surface area contributed by atoms with E-state index in [9.17, 15) is 0 Å². The molecule has 0 N–H and O–H groups in total. The van der Waals surface area contributed by atoms with E-state index in [-0.39, 0.29) is 18.2 Å². The largest absolute Gasteiger partial charge is 0.298 e. The summed E-state index contributed by atoms with van der Waals surface area (Å²) in [6.45, 7) is 4.73. The third-order valence-corrected chi connectivity index (χ3v) is 11.6. The molecule has 53 heavy (non-hydrogen) atoms. The van der Waals surface area contributed by atoms with Crippen molar-refractivity contribution in [3.05, 3.63) is 180 Å². The molecule has 5 aromatic carbocycles. The Morgan fingerprint density at radius 3 is 1.79 bits per heavy atom. The van der Waals surface area contributed by atoms with Crippen molar-refractivity contribution in [3.8, 4) is 0 Å². The SMILES string of the molecule is CCC1C(=C2Cc3ccccc3N3c4nccnc4N(c4ccccc4)C23)C2N(N=C(c3ccccc3)N2c2ccccc2)c2ccccc2C1CC. The van der Waals surface area contributed by atoms with Crippen LogP contribution in [0.25, 0.3) is 0 Å². The van der Waals surface area contributed by atoms with Crippen LogP contribution < -0.4 is 19.7 Å². The van der Waals surface area contributed by atoms with Crippen LogP contribution in [0.1, 0.15) is 49.3 Å². The summed E-state index contributed by atoms with van der Waals surface area (Å²) < 4.78 is 0. The summed E-state index contributed by atoms with van der Waals surface area (Å²) >= 11 is 0. The lowest BCUT2D eigenvalue weighted by Crippen LogP contribution is -2.50. The maximum absolute atomic E-state index is 5.66. The van der Waals surface area contributed by atoms with E-state index in [2.05, 4.69) is 173 Å². The smallest absolute Gasteiger partial charge is 0.178 e. The molecule has 0 amide bonds. The van der Waals surface area contributed by atoms with Gasteiger partial charge in [-0.05, 0) is 89.8 Å². The first-order valence-corrected chi connectivity index (χ1v) is 18.9. The highest BCUT2D eigenvalue weighted by atomic mass is 15.6. The fourth-order valence-corrected chi connectivity index (χ4v) is 9.43. The highest BCUT2D eigenvalue weighted by molar-refractivity contribution is 6.13. The van der Waals surface area contributed by atoms with E-state index in [1.54, 1.807) is 0 Å². The number of fused-ring (bicyclic) bond motifs is 8. The third kappa shape index (κ3) is 4.83. The van der Waals surface area contributed by atoms with Gasteiger partial charge in [0.2, 0.25) is 0 Å². The van der Waals surface area contributed by atoms with Gasteiger partial charge in [-0.2, -0.15) is 5.10 Å². The maximum atomic E-state index is 5.66. The highest BCUT2D eigenvalue weighted by Gasteiger charge is 2.52. The number of hydrogen-bond acceptors (Lipinski definition) is 7. The Balaban J connectivity index is 1.32. The van der Waals surface area contributed by atoms with Crippen molar-refractivity contribution < 1.29 is 0 Å². The van der Waals surface area contributed by atoms with Gasteiger partial charge in [0.05, 0.1) is 5.69 Å². The third-order valence-electron chi connectivity index (χ3n) is 11.6. The predicted molar refractivity (Wildman–Crippen MR) is 215 cm³/mol. The Hall–Kier alpha value is -6.21. The van der Waals surface area contributed by atoms with Crippen LogP contribution in [0.3, 0.4) is 0 Å².